The second-order valence-corrected chi connectivity index (χ2v) is 17.2. The number of nitrogens with zero attached hydrogens (tertiary/aromatic N) is 4. The van der Waals surface area contributed by atoms with E-state index in [0.717, 1.165) is 63.4 Å². The van der Waals surface area contributed by atoms with Crippen molar-refractivity contribution in [2.75, 3.05) is 5.32 Å². The predicted molar refractivity (Wildman–Crippen MR) is 231 cm³/mol. The van der Waals surface area contributed by atoms with Gasteiger partial charge in [-0.15, -0.1) is 0 Å². The average molecular weight is 736 g/mol. The monoisotopic (exact) mass is 735 g/mol. The predicted octanol–water partition coefficient (Wildman–Crippen LogP) is 9.26. The standard InChI is InChI=1S/C48H46BN5O2/c1-45(2)47(5,6)55-43(53-45)41-23-19-31(27-50-41)29-17-21-39-35(25-29)33-13-9-11-15-37(33)49-38-16-12-10-14-34(38)36-26-30(18-22-40(36)52-39)32-20-24-42(51-28-32)44-54-46(3,4)48(7,8)56-44/h9-28,49,52H,1-8H3. The molecule has 8 heteroatoms. The summed E-state index contributed by atoms with van der Waals surface area (Å²) in [6.45, 7) is 16.7. The Bertz CT molecular complexity index is 2410. The van der Waals surface area contributed by atoms with Gasteiger partial charge >= 0.3 is 0 Å². The van der Waals surface area contributed by atoms with Crippen molar-refractivity contribution in [3.8, 4) is 44.5 Å². The summed E-state index contributed by atoms with van der Waals surface area (Å²) in [7, 11) is 0.788. The number of nitrogens with one attached hydrogen (secondary N) is 1. The molecule has 1 N–H and O–H groups in total. The molecule has 0 amide bonds. The van der Waals surface area contributed by atoms with Crippen molar-refractivity contribution in [1.82, 2.24) is 9.97 Å². The first-order valence-corrected chi connectivity index (χ1v) is 19.4. The minimum absolute atomic E-state index is 0.337. The Kier molecular flexibility index (Phi) is 8.13. The molecule has 278 valence electrons. The van der Waals surface area contributed by atoms with Gasteiger partial charge in [0.25, 0.3) is 0 Å². The molecule has 3 aliphatic heterocycles. The Hall–Kier alpha value is -6.02. The molecular weight excluding hydrogens is 689 g/mol. The first-order valence-electron chi connectivity index (χ1n) is 19.4. The molecule has 0 spiro atoms. The lowest BCUT2D eigenvalue weighted by molar-refractivity contribution is 0.0616. The Labute approximate surface area is 330 Å². The smallest absolute Gasteiger partial charge is 0.236 e. The lowest BCUT2D eigenvalue weighted by Gasteiger charge is -2.30. The van der Waals surface area contributed by atoms with Crippen LogP contribution in [0.25, 0.3) is 44.5 Å². The number of anilines is 2. The van der Waals surface area contributed by atoms with E-state index in [9.17, 15) is 0 Å². The van der Waals surface area contributed by atoms with Gasteiger partial charge in [0, 0.05) is 46.0 Å². The minimum Gasteiger partial charge on any atom is -0.468 e. The van der Waals surface area contributed by atoms with E-state index in [1.165, 1.54) is 22.1 Å². The number of pyridine rings is 2. The number of benzene rings is 4. The number of fused-ring (bicyclic) bond motifs is 6. The van der Waals surface area contributed by atoms with Crippen LogP contribution in [0, 0.1) is 0 Å². The molecule has 7 nitrogen and oxygen atoms in total. The summed E-state index contributed by atoms with van der Waals surface area (Å²) < 4.78 is 12.5. The summed E-state index contributed by atoms with van der Waals surface area (Å²) in [4.78, 5) is 19.4. The fourth-order valence-electron chi connectivity index (χ4n) is 7.49. The average Bonchev–Trinajstić information content (AvgIpc) is 3.55. The number of aromatic nitrogens is 2. The van der Waals surface area contributed by atoms with Crippen LogP contribution in [-0.4, -0.2) is 51.3 Å². The van der Waals surface area contributed by atoms with Gasteiger partial charge in [0.15, 0.2) is 7.28 Å². The van der Waals surface area contributed by atoms with Crippen molar-refractivity contribution in [1.29, 1.82) is 0 Å². The largest absolute Gasteiger partial charge is 0.468 e. The van der Waals surface area contributed by atoms with Crippen LogP contribution in [0.4, 0.5) is 11.4 Å². The number of rotatable bonds is 4. The normalized spacial score (nSPS) is 17.9. The van der Waals surface area contributed by atoms with E-state index in [1.54, 1.807) is 0 Å². The topological polar surface area (TPSA) is 81.0 Å². The van der Waals surface area contributed by atoms with Crippen molar-refractivity contribution in [3.05, 3.63) is 133 Å². The highest BCUT2D eigenvalue weighted by Gasteiger charge is 2.47. The Balaban J connectivity index is 1.10. The van der Waals surface area contributed by atoms with Crippen LogP contribution in [0.5, 0.6) is 0 Å². The molecule has 2 aromatic heterocycles. The minimum atomic E-state index is -0.407. The van der Waals surface area contributed by atoms with Gasteiger partial charge in [0.05, 0.1) is 11.1 Å². The summed E-state index contributed by atoms with van der Waals surface area (Å²) in [5, 5.41) is 3.88. The third-order valence-corrected chi connectivity index (χ3v) is 12.3. The van der Waals surface area contributed by atoms with Crippen molar-refractivity contribution in [2.24, 2.45) is 9.98 Å². The van der Waals surface area contributed by atoms with Crippen LogP contribution in [0.3, 0.4) is 0 Å². The lowest BCUT2D eigenvalue weighted by Crippen LogP contribution is -2.41. The third-order valence-electron chi connectivity index (χ3n) is 12.3. The van der Waals surface area contributed by atoms with Crippen LogP contribution in [0.15, 0.2) is 132 Å². The maximum Gasteiger partial charge on any atom is 0.236 e. The van der Waals surface area contributed by atoms with Gasteiger partial charge in [-0.25, -0.2) is 9.98 Å². The summed E-state index contributed by atoms with van der Waals surface area (Å²) in [6.07, 6.45) is 3.84. The SMILES string of the molecule is CC1(C)N=C(c2ccc(-c3ccc4c(c3)-c3ccccc3Bc3ccccc3-c3cc(-c5ccc(C6=NC(C)(C)C(C)(C)O6)nc5)ccc3N4)cn2)OC1(C)C. The molecule has 6 aromatic rings. The van der Waals surface area contributed by atoms with Gasteiger partial charge < -0.3 is 14.8 Å². The molecule has 0 saturated heterocycles. The summed E-state index contributed by atoms with van der Waals surface area (Å²) in [5.41, 5.74) is 13.5. The number of aliphatic imine (C=N–C) groups is 2. The second-order valence-electron chi connectivity index (χ2n) is 17.2. The molecule has 5 heterocycles. The Morgan fingerprint density at radius 2 is 0.875 bits per heavy atom. The Morgan fingerprint density at radius 1 is 0.464 bits per heavy atom. The van der Waals surface area contributed by atoms with E-state index in [2.05, 4.69) is 158 Å². The highest BCUT2D eigenvalue weighted by atomic mass is 16.5. The molecule has 0 aliphatic carbocycles. The van der Waals surface area contributed by atoms with E-state index in [0.29, 0.717) is 11.8 Å². The van der Waals surface area contributed by atoms with E-state index in [1.807, 2.05) is 24.5 Å². The highest BCUT2D eigenvalue weighted by Crippen LogP contribution is 2.41. The highest BCUT2D eigenvalue weighted by molar-refractivity contribution is 6.70. The second kappa shape index (κ2) is 12.8. The maximum absolute atomic E-state index is 6.25. The van der Waals surface area contributed by atoms with Gasteiger partial charge in [-0.1, -0.05) is 83.7 Å². The van der Waals surface area contributed by atoms with Gasteiger partial charge in [-0.3, -0.25) is 9.97 Å². The van der Waals surface area contributed by atoms with Crippen LogP contribution < -0.4 is 16.2 Å². The maximum atomic E-state index is 6.25. The van der Waals surface area contributed by atoms with Crippen molar-refractivity contribution < 1.29 is 9.47 Å². The van der Waals surface area contributed by atoms with Crippen LogP contribution in [0.1, 0.15) is 66.8 Å². The zero-order chi connectivity index (χ0) is 39.0. The lowest BCUT2D eigenvalue weighted by atomic mass is 9.59. The van der Waals surface area contributed by atoms with Crippen LogP contribution >= 0.6 is 0 Å². The van der Waals surface area contributed by atoms with Gasteiger partial charge in [0.1, 0.15) is 22.6 Å². The number of ether oxygens (including phenoxy) is 2. The first-order chi connectivity index (χ1) is 26.7. The molecule has 4 aromatic carbocycles. The fraction of sp³-hybridized carbons (Fsp3) is 0.250. The molecule has 0 atom stereocenters. The number of hydrogen-bond donors (Lipinski definition) is 1. The van der Waals surface area contributed by atoms with Gasteiger partial charge in [-0.05, 0) is 114 Å². The Morgan fingerprint density at radius 3 is 1.25 bits per heavy atom. The van der Waals surface area contributed by atoms with Crippen molar-refractivity contribution in [3.63, 3.8) is 0 Å². The zero-order valence-electron chi connectivity index (χ0n) is 33.4. The zero-order valence-corrected chi connectivity index (χ0v) is 33.4. The molecule has 0 unspecified atom stereocenters. The summed E-state index contributed by atoms with van der Waals surface area (Å²) in [5.74, 6) is 1.18. The molecular formula is C48H46BN5O2. The molecule has 0 radical (unpaired) electrons. The van der Waals surface area contributed by atoms with Crippen molar-refractivity contribution >= 4 is 41.4 Å². The van der Waals surface area contributed by atoms with E-state index in [4.69, 9.17) is 29.4 Å². The van der Waals surface area contributed by atoms with Gasteiger partial charge in [-0.2, -0.15) is 0 Å². The van der Waals surface area contributed by atoms with E-state index in [-0.39, 0.29) is 11.1 Å². The molecule has 0 bridgehead atoms. The summed E-state index contributed by atoms with van der Waals surface area (Å²) >= 11 is 0. The fourth-order valence-corrected chi connectivity index (χ4v) is 7.49. The quantitative estimate of drug-likeness (QED) is 0.182. The number of hydrogen-bond acceptors (Lipinski definition) is 7. The molecule has 0 fully saturated rings. The van der Waals surface area contributed by atoms with E-state index >= 15 is 0 Å². The molecule has 0 saturated carbocycles. The van der Waals surface area contributed by atoms with E-state index < -0.39 is 11.2 Å². The van der Waals surface area contributed by atoms with Crippen LogP contribution in [-0.2, 0) is 9.47 Å². The molecule has 9 rings (SSSR count). The van der Waals surface area contributed by atoms with Crippen molar-refractivity contribution in [2.45, 2.75) is 77.7 Å². The third kappa shape index (κ3) is 6.08. The van der Waals surface area contributed by atoms with Gasteiger partial charge in [0.2, 0.25) is 11.8 Å². The molecule has 3 aliphatic rings. The van der Waals surface area contributed by atoms with Crippen LogP contribution in [0.2, 0.25) is 0 Å². The first kappa shape index (κ1) is 35.7. The molecule has 56 heavy (non-hydrogen) atoms. The summed E-state index contributed by atoms with van der Waals surface area (Å²) in [6, 6.07) is 39.0.